The van der Waals surface area contributed by atoms with Gasteiger partial charge in [0, 0.05) is 46.2 Å². The fraction of sp³-hybridized carbons (Fsp3) is 0.500. The minimum Gasteiger partial charge on any atom is -0.466 e. The maximum Gasteiger partial charge on any atom is 0.495 e. The summed E-state index contributed by atoms with van der Waals surface area (Å²) in [6.45, 7) is 68.3. The maximum absolute atomic E-state index is 13.3. The summed E-state index contributed by atoms with van der Waals surface area (Å²) in [6.07, 6.45) is 1.71. The molecule has 800 valence electrons. The number of nitro groups is 2. The molecule has 10 rings (SSSR count). The van der Waals surface area contributed by atoms with Crippen molar-refractivity contribution < 1.29 is 66.8 Å². The monoisotopic (exact) mass is 2260 g/mol. The number of aryl methyl sites for hydroxylation is 2. The second-order valence-electron chi connectivity index (χ2n) is 38.0. The normalized spacial score (nSPS) is 13.2. The predicted octanol–water partition coefficient (Wildman–Crippen LogP) is 25.1. The highest BCUT2D eigenvalue weighted by Crippen LogP contribution is 2.40. The van der Waals surface area contributed by atoms with Crippen molar-refractivity contribution in [1.29, 1.82) is 0 Å². The molecule has 144 heavy (non-hydrogen) atoms. The van der Waals surface area contributed by atoms with Gasteiger partial charge < -0.3 is 71.6 Å². The number of amides is 4. The first-order chi connectivity index (χ1) is 66.5. The fourth-order valence-corrected chi connectivity index (χ4v) is 12.8. The molecule has 2 aliphatic rings. The van der Waals surface area contributed by atoms with E-state index in [1.165, 1.54) is 64.4 Å². The third-order valence-electron chi connectivity index (χ3n) is 22.1. The Morgan fingerprint density at radius 1 is 0.444 bits per heavy atom. The predicted molar refractivity (Wildman–Crippen MR) is 608 cm³/mol. The Labute approximate surface area is 912 Å². The number of carbonyl (C=O) groups is 7. The standard InChI is InChI=1S/C26H34BClN2O4.C14H18BClO3.C12H15ClN2O3.C12H17ClN2O.C10H14N2O2.C8H6BrN3.2C6H15N.C4H8O2.C2H2Cl2O.2CH2Cl2/c1-16-9-10-17(13-19(16)27-33-25(5,6)26(7,8)34-27)23(32)30-21-14-18(24(2,3)4)11-12-20(21)29-22(31)15-28;1-9-6-7-10(12(16)17)8-11(9)15-18-13(2,3)14(4,5)19-15;1-12(2,3)8-4-5-9(14-11(16)7-13)10(6-8)15(17)18;1-12(2,3)8-4-5-10(9(14)6-8)15-11(16)7-13;1-10(2,3)7-4-5-8(11)9(6-7)12(13)14;9-6-1-2-7-5(3-6)4-11-8(10)12-7;2*1-4-7(5-2)6-3;1-3-6-4(2)5;3-1-2(4)5;2*2-1-3/h9-14H,15H2,1-8H3,(H,29,31)(H,30,32);6-8H,1-5H3;4-6H,7H2,1-3H3,(H,14,16);4-6H,7,14H2,1-3H3,(H,15,16);4-6H,11H2,1-3H3;1-4H,(H2,10,11,12);2*4-6H2,1-3H3;3H2,1-2H3;1H2;2*1H2. The minimum atomic E-state index is -0.569. The maximum atomic E-state index is 13.3. The lowest BCUT2D eigenvalue weighted by molar-refractivity contribution is -0.384. The van der Waals surface area contributed by atoms with E-state index >= 15 is 0 Å². The van der Waals surface area contributed by atoms with E-state index < -0.39 is 62.9 Å². The van der Waals surface area contributed by atoms with Gasteiger partial charge in [0.1, 0.15) is 29.0 Å². The second kappa shape index (κ2) is 66.5. The van der Waals surface area contributed by atoms with E-state index in [0.29, 0.717) is 46.4 Å². The minimum absolute atomic E-state index is 0.0163. The molecule has 0 spiro atoms. The van der Waals surface area contributed by atoms with Crippen LogP contribution in [-0.2, 0) is 69.0 Å². The van der Waals surface area contributed by atoms with Crippen LogP contribution in [0.5, 0.6) is 0 Å². The highest BCUT2D eigenvalue weighted by molar-refractivity contribution is 9.10. The number of nitrogen functional groups attached to an aromatic ring is 3. The van der Waals surface area contributed by atoms with Crippen molar-refractivity contribution in [3.63, 3.8) is 0 Å². The van der Waals surface area contributed by atoms with Gasteiger partial charge in [-0.3, -0.25) is 53.8 Å². The van der Waals surface area contributed by atoms with Gasteiger partial charge in [0.25, 0.3) is 22.5 Å². The Hall–Kier alpha value is -7.96. The first kappa shape index (κ1) is 138. The molecule has 10 N–H and O–H groups in total. The lowest BCUT2D eigenvalue weighted by Crippen LogP contribution is -2.41. The lowest BCUT2D eigenvalue weighted by Gasteiger charge is -2.32. The summed E-state index contributed by atoms with van der Waals surface area (Å²) in [4.78, 5) is 111. The highest BCUT2D eigenvalue weighted by atomic mass is 79.9. The molecular weight excluding hydrogens is 2120 g/mol. The van der Waals surface area contributed by atoms with Crippen molar-refractivity contribution in [2.24, 2.45) is 0 Å². The SMILES string of the molecule is CC(C)(C)c1ccc(N)c([N+](=O)[O-])c1.CC(C)(C)c1ccc(NC(=O)CCl)c(N)c1.CC(C)(C)c1ccc(NC(=O)CCl)c([N+](=O)[O-])c1.CCN(CC)CC.CCN(CC)CC.CCOC(C)=O.Cc1ccc(C(=O)Cl)cc1B1OC(C)(C)C(C)(C)O1.Cc1ccc(C(=O)Nc2cc(C(C)(C)C)ccc2NC(=O)CCl)cc1B1OC(C)(C)C(C)(C)O1.ClCCl.ClCCl.Nc1ncc2cc(Br)ccc2n1.O=C(Cl)CCl. The van der Waals surface area contributed by atoms with Gasteiger partial charge >= 0.3 is 20.2 Å². The number of aromatic nitrogens is 2. The summed E-state index contributed by atoms with van der Waals surface area (Å²) >= 11 is 53.9. The van der Waals surface area contributed by atoms with Gasteiger partial charge in [0.15, 0.2) is 0 Å². The van der Waals surface area contributed by atoms with Gasteiger partial charge in [-0.05, 0) is 266 Å². The van der Waals surface area contributed by atoms with E-state index in [2.05, 4.69) is 145 Å². The van der Waals surface area contributed by atoms with Gasteiger partial charge in [0.2, 0.25) is 28.9 Å². The molecule has 0 atom stereocenters. The molecule has 0 unspecified atom stereocenters. The molecule has 2 aliphatic heterocycles. The molecule has 42 heteroatoms. The van der Waals surface area contributed by atoms with Gasteiger partial charge in [-0.2, -0.15) is 0 Å². The number of nitro benzene ring substituents is 2. The molecular formula is C102H148B2BrCl10N13O16. The van der Waals surface area contributed by atoms with Gasteiger partial charge in [-0.25, -0.2) is 9.97 Å². The van der Waals surface area contributed by atoms with Crippen LogP contribution in [0, 0.1) is 34.1 Å². The van der Waals surface area contributed by atoms with Crippen LogP contribution >= 0.6 is 132 Å². The first-order valence-corrected chi connectivity index (χ1v) is 52.0. The summed E-state index contributed by atoms with van der Waals surface area (Å²) in [5, 5.41) is 32.8. The van der Waals surface area contributed by atoms with E-state index in [1.807, 2.05) is 171 Å². The first-order valence-electron chi connectivity index (χ1n) is 46.2. The Bertz CT molecular complexity index is 5310. The largest absolute Gasteiger partial charge is 0.495 e. The Morgan fingerprint density at radius 2 is 0.785 bits per heavy atom. The number of benzene rings is 7. The second-order valence-corrected chi connectivity index (χ2v) is 42.3. The van der Waals surface area contributed by atoms with Gasteiger partial charge in [-0.1, -0.05) is 194 Å². The smallest absolute Gasteiger partial charge is 0.466 e. The molecule has 4 amide bonds. The quantitative estimate of drug-likeness (QED) is 0.00668. The van der Waals surface area contributed by atoms with E-state index in [-0.39, 0.29) is 102 Å². The number of alkyl halides is 8. The topological polar surface area (TPSA) is 410 Å². The van der Waals surface area contributed by atoms with Crippen molar-refractivity contribution in [3.8, 4) is 0 Å². The van der Waals surface area contributed by atoms with Crippen LogP contribution in [0.3, 0.4) is 0 Å². The molecule has 7 aromatic carbocycles. The number of esters is 1. The molecule has 0 bridgehead atoms. The zero-order valence-corrected chi connectivity index (χ0v) is 97.8. The van der Waals surface area contributed by atoms with Crippen molar-refractivity contribution in [3.05, 3.63) is 203 Å². The van der Waals surface area contributed by atoms with Crippen LogP contribution in [0.15, 0.2) is 138 Å². The number of ether oxygens (including phenoxy) is 1. The number of rotatable bonds is 21. The van der Waals surface area contributed by atoms with E-state index in [0.717, 1.165) is 59.7 Å². The van der Waals surface area contributed by atoms with Crippen LogP contribution in [0.25, 0.3) is 10.9 Å². The zero-order valence-electron chi connectivity index (χ0n) is 88.7. The van der Waals surface area contributed by atoms with Gasteiger partial charge in [0.05, 0.1) is 83.7 Å². The number of carbonyl (C=O) groups excluding carboxylic acids is 7. The molecule has 0 saturated carbocycles. The number of anilines is 7. The average molecular weight is 2270 g/mol. The fourth-order valence-electron chi connectivity index (χ4n) is 12.1. The third-order valence-corrected chi connectivity index (χ3v) is 24.1. The molecule has 3 heterocycles. The van der Waals surface area contributed by atoms with Crippen molar-refractivity contribution >= 4 is 260 Å². The molecule has 2 fully saturated rings. The number of nitrogens with two attached hydrogens (primary N) is 3. The van der Waals surface area contributed by atoms with Crippen LogP contribution in [0.4, 0.5) is 51.4 Å². The zero-order chi connectivity index (χ0) is 112. The summed E-state index contributed by atoms with van der Waals surface area (Å²) in [6, 6.07) is 37.5. The summed E-state index contributed by atoms with van der Waals surface area (Å²) in [5.74, 6) is -1.85. The molecule has 29 nitrogen and oxygen atoms in total. The number of hydrogen-bond acceptors (Lipinski definition) is 23. The number of hydrogen-bond donors (Lipinski definition) is 7. The van der Waals surface area contributed by atoms with Crippen molar-refractivity contribution in [1.82, 2.24) is 19.8 Å². The highest BCUT2D eigenvalue weighted by Gasteiger charge is 2.53. The van der Waals surface area contributed by atoms with Crippen molar-refractivity contribution in [2.45, 2.75) is 252 Å². The van der Waals surface area contributed by atoms with E-state index in [4.69, 9.17) is 152 Å². The average Bonchev–Trinajstić information content (AvgIpc) is 1.62. The number of nitrogens with zero attached hydrogens (tertiary/aromatic N) is 6. The van der Waals surface area contributed by atoms with E-state index in [9.17, 15) is 53.8 Å². The molecule has 2 saturated heterocycles. The number of halogens is 11. The Kier molecular flexibility index (Phi) is 63.7. The summed E-state index contributed by atoms with van der Waals surface area (Å²) in [7, 11) is -1.04. The summed E-state index contributed by atoms with van der Waals surface area (Å²) in [5.41, 5.74) is 26.4. The molecule has 1 aromatic heterocycles. The van der Waals surface area contributed by atoms with Crippen LogP contribution in [-0.4, -0.2) is 186 Å². The van der Waals surface area contributed by atoms with Crippen LogP contribution in [0.2, 0.25) is 0 Å². The lowest BCUT2D eigenvalue weighted by atomic mass is 9.75. The summed E-state index contributed by atoms with van der Waals surface area (Å²) < 4.78 is 29.8. The van der Waals surface area contributed by atoms with Crippen molar-refractivity contribution in [2.75, 3.05) is 119 Å². The number of fused-ring (bicyclic) bond motifs is 1. The van der Waals surface area contributed by atoms with E-state index in [1.54, 1.807) is 61.7 Å². The Morgan fingerprint density at radius 3 is 1.12 bits per heavy atom. The molecule has 8 aromatic rings. The third kappa shape index (κ3) is 50.4. The Balaban J connectivity index is 0. The number of nitrogens with one attached hydrogen (secondary N) is 4. The van der Waals surface area contributed by atoms with Crippen LogP contribution in [0.1, 0.15) is 248 Å². The molecule has 0 aliphatic carbocycles. The van der Waals surface area contributed by atoms with Crippen LogP contribution < -0.4 is 49.4 Å². The molecule has 0 radical (unpaired) electrons. The van der Waals surface area contributed by atoms with Gasteiger partial charge in [-0.15, -0.1) is 92.8 Å².